The Hall–Kier alpha value is -3.85. The maximum absolute atomic E-state index is 13.5. The Morgan fingerprint density at radius 1 is 0.912 bits per heavy atom. The van der Waals surface area contributed by atoms with E-state index in [4.69, 9.17) is 4.74 Å². The van der Waals surface area contributed by atoms with Crippen LogP contribution < -0.4 is 19.7 Å². The summed E-state index contributed by atoms with van der Waals surface area (Å²) in [6, 6.07) is 21.7. The lowest BCUT2D eigenvalue weighted by molar-refractivity contribution is -0.120. The van der Waals surface area contributed by atoms with Crippen molar-refractivity contribution in [1.82, 2.24) is 10.0 Å². The van der Waals surface area contributed by atoms with Crippen molar-refractivity contribution in [1.29, 1.82) is 0 Å². The number of methoxy groups -OCH3 is 1. The lowest BCUT2D eigenvalue weighted by Gasteiger charge is -2.27. The van der Waals surface area contributed by atoms with Crippen molar-refractivity contribution in [2.24, 2.45) is 0 Å². The molecule has 3 amide bonds. The van der Waals surface area contributed by atoms with E-state index in [1.165, 1.54) is 17.0 Å². The molecule has 3 aromatic carbocycles. The molecular weight excluding hydrogens is 454 g/mol. The normalized spacial score (nSPS) is 11.8. The largest absolute Gasteiger partial charge is 0.497 e. The molecule has 34 heavy (non-hydrogen) atoms. The van der Waals surface area contributed by atoms with Gasteiger partial charge in [0, 0.05) is 18.7 Å². The summed E-state index contributed by atoms with van der Waals surface area (Å²) in [5.41, 5.74) is 1.45. The van der Waals surface area contributed by atoms with Crippen molar-refractivity contribution in [2.75, 3.05) is 18.6 Å². The Morgan fingerprint density at radius 2 is 1.50 bits per heavy atom. The van der Waals surface area contributed by atoms with Crippen LogP contribution in [0.5, 0.6) is 5.75 Å². The van der Waals surface area contributed by atoms with Crippen LogP contribution in [-0.2, 0) is 21.2 Å². The van der Waals surface area contributed by atoms with Gasteiger partial charge in [0.1, 0.15) is 11.8 Å². The zero-order valence-electron chi connectivity index (χ0n) is 19.0. The number of hydrogen-bond donors (Lipinski definition) is 2. The van der Waals surface area contributed by atoms with Gasteiger partial charge in [0.2, 0.25) is 5.91 Å². The molecule has 0 spiro atoms. The third kappa shape index (κ3) is 6.35. The Bertz CT molecular complexity index is 1200. The molecule has 3 aromatic rings. The highest BCUT2D eigenvalue weighted by atomic mass is 32.2. The van der Waals surface area contributed by atoms with Gasteiger partial charge in [0.15, 0.2) is 0 Å². The Morgan fingerprint density at radius 3 is 2.06 bits per heavy atom. The zero-order chi connectivity index (χ0) is 24.6. The van der Waals surface area contributed by atoms with Gasteiger partial charge in [-0.05, 0) is 48.9 Å². The molecular formula is C25H27N3O5S. The van der Waals surface area contributed by atoms with E-state index in [1.54, 1.807) is 49.6 Å². The van der Waals surface area contributed by atoms with Gasteiger partial charge in [0.05, 0.1) is 12.0 Å². The van der Waals surface area contributed by atoms with Crippen LogP contribution in [0.3, 0.4) is 0 Å². The van der Waals surface area contributed by atoms with Gasteiger partial charge in [-0.15, -0.1) is 0 Å². The molecule has 3 rings (SSSR count). The fourth-order valence-corrected chi connectivity index (χ4v) is 4.37. The summed E-state index contributed by atoms with van der Waals surface area (Å²) in [6.07, 6.45) is 0.186. The molecule has 0 aromatic heterocycles. The van der Waals surface area contributed by atoms with Gasteiger partial charge in [-0.3, -0.25) is 4.79 Å². The zero-order valence-corrected chi connectivity index (χ0v) is 19.8. The number of rotatable bonds is 9. The van der Waals surface area contributed by atoms with E-state index in [0.717, 1.165) is 5.56 Å². The van der Waals surface area contributed by atoms with Gasteiger partial charge >= 0.3 is 6.03 Å². The fraction of sp³-hybridized carbons (Fsp3) is 0.200. The molecule has 0 bridgehead atoms. The number of carbonyl (C=O) groups excluding carboxylic acids is 2. The topological polar surface area (TPSA) is 105 Å². The molecule has 0 radical (unpaired) electrons. The summed E-state index contributed by atoms with van der Waals surface area (Å²) in [5, 5.41) is 2.55. The second kappa shape index (κ2) is 11.3. The Balaban J connectivity index is 1.83. The third-order valence-electron chi connectivity index (χ3n) is 5.13. The van der Waals surface area contributed by atoms with Crippen LogP contribution in [0.1, 0.15) is 12.5 Å². The molecule has 0 aliphatic heterocycles. The van der Waals surface area contributed by atoms with E-state index in [2.05, 4.69) is 5.32 Å². The van der Waals surface area contributed by atoms with Crippen molar-refractivity contribution in [3.63, 3.8) is 0 Å². The van der Waals surface area contributed by atoms with E-state index in [-0.39, 0.29) is 17.2 Å². The quantitative estimate of drug-likeness (QED) is 0.488. The molecule has 1 unspecified atom stereocenters. The van der Waals surface area contributed by atoms with E-state index >= 15 is 0 Å². The molecule has 0 aliphatic carbocycles. The molecule has 0 heterocycles. The van der Waals surface area contributed by atoms with Gasteiger partial charge in [-0.25, -0.2) is 17.9 Å². The molecule has 1 atom stereocenters. The van der Waals surface area contributed by atoms with Crippen molar-refractivity contribution in [3.8, 4) is 5.75 Å². The highest BCUT2D eigenvalue weighted by Gasteiger charge is 2.28. The van der Waals surface area contributed by atoms with E-state index < -0.39 is 22.1 Å². The number of amides is 3. The highest BCUT2D eigenvalue weighted by Crippen LogP contribution is 2.20. The predicted octanol–water partition coefficient (Wildman–Crippen LogP) is 3.35. The third-order valence-corrected chi connectivity index (χ3v) is 6.48. The van der Waals surface area contributed by atoms with Crippen LogP contribution >= 0.6 is 0 Å². The Labute approximate surface area is 199 Å². The van der Waals surface area contributed by atoms with Crippen molar-refractivity contribution < 1.29 is 22.7 Å². The van der Waals surface area contributed by atoms with Crippen LogP contribution in [-0.4, -0.2) is 40.1 Å². The summed E-state index contributed by atoms with van der Waals surface area (Å²) in [5.74, 6) is 0.278. The van der Waals surface area contributed by atoms with Gasteiger partial charge in [0.25, 0.3) is 10.0 Å². The molecule has 178 valence electrons. The number of sulfonamides is 1. The van der Waals surface area contributed by atoms with Crippen LogP contribution in [0.25, 0.3) is 0 Å². The summed E-state index contributed by atoms with van der Waals surface area (Å²) in [7, 11) is -2.53. The van der Waals surface area contributed by atoms with Crippen molar-refractivity contribution in [3.05, 3.63) is 90.5 Å². The molecule has 8 nitrogen and oxygen atoms in total. The first-order valence-electron chi connectivity index (χ1n) is 10.7. The first-order chi connectivity index (χ1) is 16.3. The lowest BCUT2D eigenvalue weighted by atomic mass is 10.0. The number of nitrogens with one attached hydrogen (secondary N) is 2. The van der Waals surface area contributed by atoms with E-state index in [1.807, 2.05) is 42.0 Å². The van der Waals surface area contributed by atoms with E-state index in [0.29, 0.717) is 18.0 Å². The van der Waals surface area contributed by atoms with E-state index in [9.17, 15) is 18.0 Å². The summed E-state index contributed by atoms with van der Waals surface area (Å²) >= 11 is 0. The minimum absolute atomic E-state index is 0.0514. The standard InChI is InChI=1S/C25H27N3O5S/c1-3-28(20-14-16-21(33-2)17-15-20)24(29)23(18-19-10-6-4-7-11-19)26-25(30)27-34(31,32)22-12-8-5-9-13-22/h4-17,23H,3,18H2,1-2H3,(H2,26,27,30). The van der Waals surface area contributed by atoms with Crippen LogP contribution in [0.2, 0.25) is 0 Å². The number of benzene rings is 3. The van der Waals surface area contributed by atoms with Crippen LogP contribution in [0.4, 0.5) is 10.5 Å². The summed E-state index contributed by atoms with van der Waals surface area (Å²) in [6.45, 7) is 2.17. The maximum Gasteiger partial charge on any atom is 0.329 e. The monoisotopic (exact) mass is 481 g/mol. The number of carbonyl (C=O) groups is 2. The number of urea groups is 1. The van der Waals surface area contributed by atoms with Gasteiger partial charge in [-0.2, -0.15) is 0 Å². The molecule has 2 N–H and O–H groups in total. The lowest BCUT2D eigenvalue weighted by Crippen LogP contribution is -2.53. The summed E-state index contributed by atoms with van der Waals surface area (Å²) < 4.78 is 32.3. The van der Waals surface area contributed by atoms with Gasteiger partial charge in [-0.1, -0.05) is 48.5 Å². The SMILES string of the molecule is CCN(C(=O)C(Cc1ccccc1)NC(=O)NS(=O)(=O)c1ccccc1)c1ccc(OC)cc1. The number of ether oxygens (including phenoxy) is 1. The number of hydrogen-bond acceptors (Lipinski definition) is 5. The minimum Gasteiger partial charge on any atom is -0.497 e. The molecule has 0 aliphatic rings. The van der Waals surface area contributed by atoms with Crippen LogP contribution in [0, 0.1) is 0 Å². The fourth-order valence-electron chi connectivity index (χ4n) is 3.43. The first-order valence-corrected chi connectivity index (χ1v) is 12.2. The first kappa shape index (κ1) is 24.8. The molecule has 0 fully saturated rings. The predicted molar refractivity (Wildman–Crippen MR) is 130 cm³/mol. The number of likely N-dealkylation sites (N-methyl/N-ethyl adjacent to an activating group) is 1. The average Bonchev–Trinajstić information content (AvgIpc) is 2.85. The number of nitrogens with zero attached hydrogens (tertiary/aromatic N) is 1. The molecule has 0 saturated carbocycles. The van der Waals surface area contributed by atoms with Gasteiger partial charge < -0.3 is 15.0 Å². The van der Waals surface area contributed by atoms with Crippen molar-refractivity contribution >= 4 is 27.6 Å². The molecule has 9 heteroatoms. The van der Waals surface area contributed by atoms with Crippen LogP contribution in [0.15, 0.2) is 89.8 Å². The summed E-state index contributed by atoms with van der Waals surface area (Å²) in [4.78, 5) is 27.7. The maximum atomic E-state index is 13.5. The average molecular weight is 482 g/mol. The second-order valence-corrected chi connectivity index (χ2v) is 9.10. The minimum atomic E-state index is -4.09. The Kier molecular flexibility index (Phi) is 8.26. The molecule has 0 saturated heterocycles. The smallest absolute Gasteiger partial charge is 0.329 e. The highest BCUT2D eigenvalue weighted by molar-refractivity contribution is 7.90. The number of anilines is 1. The second-order valence-electron chi connectivity index (χ2n) is 7.41. The van der Waals surface area contributed by atoms with Crippen molar-refractivity contribution in [2.45, 2.75) is 24.3 Å².